The van der Waals surface area contributed by atoms with E-state index in [0.717, 1.165) is 0 Å². The first-order chi connectivity index (χ1) is 0. The minimum Gasteiger partial charge on any atom is -3.00 e. The minimum absolute atomic E-state index is 0. The Morgan fingerprint density at radius 1 is 1.00 bits per heavy atom. The van der Waals surface area contributed by atoms with Crippen molar-refractivity contribution in [3.05, 3.63) is 0 Å². The van der Waals surface area contributed by atoms with Gasteiger partial charge >= 0.3 is 19.8 Å². The van der Waals surface area contributed by atoms with Gasteiger partial charge in [0.1, 0.15) is 0 Å². The molecule has 0 saturated heterocycles. The fourth-order valence-corrected chi connectivity index (χ4v) is 0. The molecule has 0 heterocycles. The molecule has 0 atom stereocenters. The zero-order valence-electron chi connectivity index (χ0n) is 2.18. The molecule has 0 aromatic rings. The number of hydrogen-bond acceptors (Lipinski definition) is 0. The number of hydrogen-bond donors (Lipinski definition) is 0. The van der Waals surface area contributed by atoms with Gasteiger partial charge in [-0.2, -0.15) is 0 Å². The van der Waals surface area contributed by atoms with Crippen LogP contribution in [0.3, 0.4) is 0 Å². The van der Waals surface area contributed by atoms with Crippen LogP contribution in [0.4, 0.5) is 0 Å². The molecular formula is AlGaInP. The standard InChI is InChI=1S/Al.Ga.In.P/q;+3;;-3. The maximum Gasteiger partial charge on any atom is 3.00 e. The summed E-state index contributed by atoms with van der Waals surface area (Å²) < 4.78 is 0. The van der Waals surface area contributed by atoms with E-state index in [4.69, 9.17) is 0 Å². The average Bonchev–Trinajstić information content (AvgIpc) is 0. The summed E-state index contributed by atoms with van der Waals surface area (Å²) in [5.74, 6) is 0. The van der Waals surface area contributed by atoms with Crippen LogP contribution in [0.25, 0.3) is 0 Å². The van der Waals surface area contributed by atoms with Gasteiger partial charge in [-0.3, -0.25) is 0 Å². The van der Waals surface area contributed by atoms with Crippen LogP contribution >= 0.6 is 9.90 Å². The summed E-state index contributed by atoms with van der Waals surface area (Å²) in [6.07, 6.45) is 0. The monoisotopic (exact) mass is 242 g/mol. The van der Waals surface area contributed by atoms with Gasteiger partial charge in [0.15, 0.2) is 0 Å². The molecule has 0 spiro atoms. The van der Waals surface area contributed by atoms with Gasteiger partial charge in [-0.25, -0.2) is 0 Å². The van der Waals surface area contributed by atoms with Crippen molar-refractivity contribution in [3.8, 4) is 0 Å². The molecule has 4 heavy (non-hydrogen) atoms. The third-order valence-corrected chi connectivity index (χ3v) is 0. The molecule has 0 aromatic heterocycles. The molecule has 0 amide bonds. The largest absolute Gasteiger partial charge is 3.00 e. The quantitative estimate of drug-likeness (QED) is 0.405. The summed E-state index contributed by atoms with van der Waals surface area (Å²) in [5.41, 5.74) is 0. The summed E-state index contributed by atoms with van der Waals surface area (Å²) in [6, 6.07) is 0. The van der Waals surface area contributed by atoms with E-state index in [2.05, 4.69) is 0 Å². The Labute approximate surface area is 72.1 Å². The summed E-state index contributed by atoms with van der Waals surface area (Å²) >= 11 is 0. The van der Waals surface area contributed by atoms with E-state index < -0.39 is 0 Å². The third-order valence-electron chi connectivity index (χ3n) is 0. The van der Waals surface area contributed by atoms with E-state index in [1.807, 2.05) is 0 Å². The van der Waals surface area contributed by atoms with Crippen molar-refractivity contribution in [1.82, 2.24) is 0 Å². The fraction of sp³-hybridized carbons (Fsp3) is 0. The zero-order chi connectivity index (χ0) is 0. The molecule has 0 aliphatic heterocycles. The van der Waals surface area contributed by atoms with Crippen molar-refractivity contribution in [1.29, 1.82) is 0 Å². The maximum atomic E-state index is 0. The first-order valence-corrected chi connectivity index (χ1v) is 0. The van der Waals surface area contributed by atoms with Crippen LogP contribution in [-0.2, 0) is 0 Å². The summed E-state index contributed by atoms with van der Waals surface area (Å²) in [7, 11) is 0. The third kappa shape index (κ3) is 8.82. The molecule has 0 aromatic carbocycles. The predicted molar refractivity (Wildman–Crippen MR) is 24.2 cm³/mol. The van der Waals surface area contributed by atoms with Crippen molar-refractivity contribution >= 4 is 72.9 Å². The van der Waals surface area contributed by atoms with Crippen LogP contribution in [0.2, 0.25) is 0 Å². The van der Waals surface area contributed by atoms with Gasteiger partial charge in [0.05, 0.1) is 0 Å². The summed E-state index contributed by atoms with van der Waals surface area (Å²) in [4.78, 5) is 0. The maximum absolute atomic E-state index is 0. The second kappa shape index (κ2) is 17.9. The second-order valence-corrected chi connectivity index (χ2v) is 0. The topological polar surface area (TPSA) is 0 Å². The van der Waals surface area contributed by atoms with Crippen molar-refractivity contribution < 1.29 is 0 Å². The molecule has 6 radical (unpaired) electrons. The van der Waals surface area contributed by atoms with Crippen LogP contribution in [0.5, 0.6) is 0 Å². The van der Waals surface area contributed by atoms with Crippen LogP contribution in [0.1, 0.15) is 0 Å². The Kier molecular flexibility index (Phi) is 142. The number of rotatable bonds is 0. The van der Waals surface area contributed by atoms with Gasteiger partial charge in [-0.15, -0.1) is 0 Å². The Morgan fingerprint density at radius 2 is 1.00 bits per heavy atom. The first-order valence-electron chi connectivity index (χ1n) is 0. The van der Waals surface area contributed by atoms with E-state index >= 15 is 0 Å². The van der Waals surface area contributed by atoms with Gasteiger partial charge in [-0.1, -0.05) is 0 Å². The predicted octanol–water partition coefficient (Wildman–Crippen LogP) is -0.281. The van der Waals surface area contributed by atoms with Gasteiger partial charge < -0.3 is 9.90 Å². The van der Waals surface area contributed by atoms with Crippen LogP contribution in [0.15, 0.2) is 0 Å². The normalized spacial score (nSPS) is 0. The molecule has 0 nitrogen and oxygen atoms in total. The van der Waals surface area contributed by atoms with Crippen molar-refractivity contribution in [3.63, 3.8) is 0 Å². The molecular weight excluding hydrogens is 242 g/mol. The van der Waals surface area contributed by atoms with Gasteiger partial charge in [0, 0.05) is 43.2 Å². The zero-order valence-corrected chi connectivity index (χ0v) is 9.95. The Balaban J connectivity index is 0. The molecule has 0 rings (SSSR count). The minimum atomic E-state index is 0. The summed E-state index contributed by atoms with van der Waals surface area (Å²) in [6.45, 7) is 0. The van der Waals surface area contributed by atoms with Crippen molar-refractivity contribution in [2.24, 2.45) is 0 Å². The molecule has 0 N–H and O–H groups in total. The molecule has 0 aliphatic rings. The van der Waals surface area contributed by atoms with Crippen molar-refractivity contribution in [2.75, 3.05) is 0 Å². The second-order valence-electron chi connectivity index (χ2n) is 0. The molecule has 0 unspecified atom stereocenters. The van der Waals surface area contributed by atoms with Gasteiger partial charge in [-0.05, 0) is 0 Å². The van der Waals surface area contributed by atoms with E-state index in [0.29, 0.717) is 0 Å². The molecule has 0 fully saturated rings. The van der Waals surface area contributed by atoms with E-state index in [1.165, 1.54) is 0 Å². The van der Waals surface area contributed by atoms with Crippen LogP contribution in [-0.4, -0.2) is 63.0 Å². The Bertz CT molecular complexity index is 8.00. The average molecular weight is 242 g/mol. The SMILES string of the molecule is [Al].[Ga+3].[In].[P-3]. The molecule has 4 heteroatoms. The van der Waals surface area contributed by atoms with Gasteiger partial charge in [0.2, 0.25) is 0 Å². The Hall–Kier alpha value is 2.47. The summed E-state index contributed by atoms with van der Waals surface area (Å²) in [5, 5.41) is 0. The van der Waals surface area contributed by atoms with Crippen LogP contribution < -0.4 is 0 Å². The van der Waals surface area contributed by atoms with Gasteiger partial charge in [0.25, 0.3) is 0 Å². The Morgan fingerprint density at radius 3 is 1.00 bits per heavy atom. The molecule has 0 bridgehead atoms. The van der Waals surface area contributed by atoms with E-state index in [1.54, 1.807) is 0 Å². The first kappa shape index (κ1) is 31.7. The van der Waals surface area contributed by atoms with E-state index in [-0.39, 0.29) is 72.9 Å². The van der Waals surface area contributed by atoms with Crippen LogP contribution in [0, 0.1) is 0 Å². The molecule has 14 valence electrons. The van der Waals surface area contributed by atoms with E-state index in [9.17, 15) is 0 Å². The molecule has 0 saturated carbocycles. The van der Waals surface area contributed by atoms with Crippen molar-refractivity contribution in [2.45, 2.75) is 0 Å². The fourth-order valence-electron chi connectivity index (χ4n) is 0. The smallest absolute Gasteiger partial charge is 3.00 e. The molecule has 0 aliphatic carbocycles.